The second-order valence-corrected chi connectivity index (χ2v) is 4.35. The molecule has 1 aromatic carbocycles. The molecule has 1 aromatic rings. The minimum Gasteiger partial charge on any atom is -0.489 e. The number of hydrazone groups is 1. The van der Waals surface area contributed by atoms with Crippen LogP contribution in [-0.4, -0.2) is 23.4 Å². The van der Waals surface area contributed by atoms with Gasteiger partial charge in [0.05, 0.1) is 11.8 Å². The quantitative estimate of drug-likeness (QED) is 0.485. The van der Waals surface area contributed by atoms with Crippen molar-refractivity contribution in [2.24, 2.45) is 5.10 Å². The largest absolute Gasteiger partial charge is 0.489 e. The molecule has 0 atom stereocenters. The summed E-state index contributed by atoms with van der Waals surface area (Å²) in [6.07, 6.45) is 0.0204. The van der Waals surface area contributed by atoms with Crippen molar-refractivity contribution in [1.29, 1.82) is 0 Å². The maximum Gasteiger partial charge on any atom is 0.183 e. The molecule has 0 unspecified atom stereocenters. The number of anilines is 1. The van der Waals surface area contributed by atoms with Gasteiger partial charge in [-0.05, 0) is 26.0 Å². The van der Waals surface area contributed by atoms with Gasteiger partial charge in [0.25, 0.3) is 0 Å². The normalized spacial score (nSPS) is 9.95. The molecule has 5 heteroatoms. The van der Waals surface area contributed by atoms with Crippen molar-refractivity contribution in [1.82, 2.24) is 0 Å². The van der Waals surface area contributed by atoms with Gasteiger partial charge in [-0.25, -0.2) is 0 Å². The molecule has 0 aliphatic carbocycles. The van der Waals surface area contributed by atoms with Crippen LogP contribution >= 0.6 is 0 Å². The third-order valence-corrected chi connectivity index (χ3v) is 2.20. The number of carbonyl (C=O) groups excluding carboxylic acids is 2. The highest BCUT2D eigenvalue weighted by atomic mass is 16.5. The second-order valence-electron chi connectivity index (χ2n) is 4.35. The first kappa shape index (κ1) is 14.9. The Morgan fingerprint density at radius 2 is 1.74 bits per heavy atom. The fourth-order valence-corrected chi connectivity index (χ4v) is 1.44. The lowest BCUT2D eigenvalue weighted by Crippen LogP contribution is -2.20. The van der Waals surface area contributed by atoms with Crippen molar-refractivity contribution < 1.29 is 14.3 Å². The molecule has 0 saturated carbocycles. The number of nitrogens with zero attached hydrogens (tertiary/aromatic N) is 1. The Morgan fingerprint density at radius 1 is 1.16 bits per heavy atom. The van der Waals surface area contributed by atoms with Crippen LogP contribution in [-0.2, 0) is 9.59 Å². The third kappa shape index (κ3) is 4.54. The van der Waals surface area contributed by atoms with E-state index in [1.54, 1.807) is 12.1 Å². The Labute approximate surface area is 112 Å². The molecular weight excluding hydrogens is 244 g/mol. The van der Waals surface area contributed by atoms with Crippen LogP contribution in [0.1, 0.15) is 27.7 Å². The monoisotopic (exact) mass is 262 g/mol. The van der Waals surface area contributed by atoms with Gasteiger partial charge in [0.15, 0.2) is 17.3 Å². The Kier molecular flexibility index (Phi) is 5.23. The van der Waals surface area contributed by atoms with E-state index < -0.39 is 0 Å². The van der Waals surface area contributed by atoms with Crippen LogP contribution in [0.4, 0.5) is 5.69 Å². The van der Waals surface area contributed by atoms with Crippen molar-refractivity contribution in [3.8, 4) is 5.75 Å². The van der Waals surface area contributed by atoms with Crippen LogP contribution in [0.5, 0.6) is 5.75 Å². The molecule has 1 N–H and O–H groups in total. The molecule has 0 amide bonds. The molecule has 0 spiro atoms. The Morgan fingerprint density at radius 3 is 2.26 bits per heavy atom. The molecule has 0 radical (unpaired) electrons. The molecule has 0 aliphatic heterocycles. The predicted molar refractivity (Wildman–Crippen MR) is 74.6 cm³/mol. The molecule has 0 saturated heterocycles. The van der Waals surface area contributed by atoms with E-state index in [0.29, 0.717) is 11.4 Å². The Bertz CT molecular complexity index is 491. The highest BCUT2D eigenvalue weighted by Crippen LogP contribution is 2.24. The van der Waals surface area contributed by atoms with Crippen LogP contribution < -0.4 is 10.2 Å². The summed E-state index contributed by atoms with van der Waals surface area (Å²) >= 11 is 0. The number of ether oxygens (including phenoxy) is 1. The van der Waals surface area contributed by atoms with Gasteiger partial charge in [-0.15, -0.1) is 0 Å². The first-order valence-electron chi connectivity index (χ1n) is 6.03. The van der Waals surface area contributed by atoms with Crippen molar-refractivity contribution >= 4 is 23.0 Å². The van der Waals surface area contributed by atoms with Gasteiger partial charge in [0.1, 0.15) is 5.75 Å². The Hall–Kier alpha value is -2.17. The maximum absolute atomic E-state index is 11.2. The lowest BCUT2D eigenvalue weighted by Gasteiger charge is -2.13. The molecule has 5 nitrogen and oxygen atoms in total. The molecule has 0 fully saturated rings. The average molecular weight is 262 g/mol. The van der Waals surface area contributed by atoms with Crippen molar-refractivity contribution in [2.75, 3.05) is 5.43 Å². The zero-order chi connectivity index (χ0) is 14.4. The molecule has 19 heavy (non-hydrogen) atoms. The van der Waals surface area contributed by atoms with Crippen LogP contribution in [0.15, 0.2) is 29.4 Å². The molecule has 1 rings (SSSR count). The summed E-state index contributed by atoms with van der Waals surface area (Å²) in [6.45, 7) is 6.43. The lowest BCUT2D eigenvalue weighted by atomic mass is 10.2. The van der Waals surface area contributed by atoms with Gasteiger partial charge in [0, 0.05) is 13.8 Å². The van der Waals surface area contributed by atoms with Crippen molar-refractivity contribution in [3.63, 3.8) is 0 Å². The number of hydrogen-bond acceptors (Lipinski definition) is 5. The second kappa shape index (κ2) is 6.68. The maximum atomic E-state index is 11.2. The van der Waals surface area contributed by atoms with E-state index in [4.69, 9.17) is 4.74 Å². The first-order chi connectivity index (χ1) is 8.91. The third-order valence-electron chi connectivity index (χ3n) is 2.20. The summed E-state index contributed by atoms with van der Waals surface area (Å²) in [5.74, 6) is -0.128. The molecule has 0 aliphatic rings. The Balaban J connectivity index is 2.96. The number of para-hydroxylation sites is 2. The number of Topliss-reactive ketones (excluding diaryl/α,β-unsaturated/α-hetero) is 2. The average Bonchev–Trinajstić information content (AvgIpc) is 2.29. The zero-order valence-electron chi connectivity index (χ0n) is 11.6. The summed E-state index contributed by atoms with van der Waals surface area (Å²) < 4.78 is 5.60. The van der Waals surface area contributed by atoms with Crippen LogP contribution in [0.25, 0.3) is 0 Å². The van der Waals surface area contributed by atoms with Gasteiger partial charge in [-0.3, -0.25) is 15.0 Å². The number of benzene rings is 1. The van der Waals surface area contributed by atoms with E-state index in [1.165, 1.54) is 13.8 Å². The summed E-state index contributed by atoms with van der Waals surface area (Å²) in [6, 6.07) is 7.20. The van der Waals surface area contributed by atoms with Crippen LogP contribution in [0, 0.1) is 0 Å². The lowest BCUT2D eigenvalue weighted by molar-refractivity contribution is -0.114. The van der Waals surface area contributed by atoms with E-state index in [2.05, 4.69) is 10.5 Å². The zero-order valence-corrected chi connectivity index (χ0v) is 11.6. The van der Waals surface area contributed by atoms with Crippen LogP contribution in [0.3, 0.4) is 0 Å². The molecule has 0 heterocycles. The highest BCUT2D eigenvalue weighted by molar-refractivity contribution is 6.65. The number of hydrogen-bond donors (Lipinski definition) is 1. The first-order valence-corrected chi connectivity index (χ1v) is 6.03. The molecule has 0 bridgehead atoms. The highest BCUT2D eigenvalue weighted by Gasteiger charge is 2.12. The number of rotatable bonds is 6. The molecule has 102 valence electrons. The standard InChI is InChI=1S/C14H18N2O3/c1-9(2)19-13-8-6-5-7-12(13)15-16-14(10(3)17)11(4)18/h5-9,15H,1-4H3. The van der Waals surface area contributed by atoms with E-state index in [0.717, 1.165) is 0 Å². The topological polar surface area (TPSA) is 67.8 Å². The van der Waals surface area contributed by atoms with Crippen molar-refractivity contribution in [3.05, 3.63) is 24.3 Å². The van der Waals surface area contributed by atoms with Gasteiger partial charge >= 0.3 is 0 Å². The van der Waals surface area contributed by atoms with E-state index >= 15 is 0 Å². The van der Waals surface area contributed by atoms with Gasteiger partial charge in [-0.2, -0.15) is 5.10 Å². The smallest absolute Gasteiger partial charge is 0.183 e. The van der Waals surface area contributed by atoms with Crippen molar-refractivity contribution in [2.45, 2.75) is 33.8 Å². The minimum atomic E-state index is -0.373. The molecular formula is C14H18N2O3. The number of carbonyl (C=O) groups is 2. The van der Waals surface area contributed by atoms with Gasteiger partial charge < -0.3 is 4.74 Å². The fraction of sp³-hybridized carbons (Fsp3) is 0.357. The van der Waals surface area contributed by atoms with E-state index in [-0.39, 0.29) is 23.4 Å². The summed E-state index contributed by atoms with van der Waals surface area (Å²) in [4.78, 5) is 22.5. The van der Waals surface area contributed by atoms with Gasteiger partial charge in [0.2, 0.25) is 0 Å². The number of nitrogens with one attached hydrogen (secondary N) is 1. The number of ketones is 2. The summed E-state index contributed by atoms with van der Waals surface area (Å²) in [5.41, 5.74) is 3.20. The predicted octanol–water partition coefficient (Wildman–Crippen LogP) is 2.42. The minimum absolute atomic E-state index is 0.0204. The summed E-state index contributed by atoms with van der Waals surface area (Å²) in [7, 11) is 0. The summed E-state index contributed by atoms with van der Waals surface area (Å²) in [5, 5.41) is 3.85. The fourth-order valence-electron chi connectivity index (χ4n) is 1.44. The van der Waals surface area contributed by atoms with E-state index in [9.17, 15) is 9.59 Å². The molecule has 0 aromatic heterocycles. The van der Waals surface area contributed by atoms with E-state index in [1.807, 2.05) is 26.0 Å². The van der Waals surface area contributed by atoms with Crippen LogP contribution in [0.2, 0.25) is 0 Å². The van der Waals surface area contributed by atoms with Gasteiger partial charge in [-0.1, -0.05) is 12.1 Å². The SMILES string of the molecule is CC(=O)C(=NNc1ccccc1OC(C)C)C(C)=O.